The van der Waals surface area contributed by atoms with Gasteiger partial charge in [0.1, 0.15) is 0 Å². The lowest BCUT2D eigenvalue weighted by molar-refractivity contribution is -0.180. The SMILES string of the molecule is C=CCC(C(=O)OCC)(C(=O)OCC)C(CCc1ccccc1)C(=O)N1CCCC1. The maximum Gasteiger partial charge on any atom is 0.324 e. The molecule has 1 aliphatic rings. The molecule has 0 N–H and O–H groups in total. The van der Waals surface area contributed by atoms with Crippen molar-refractivity contribution in [1.29, 1.82) is 0 Å². The third-order valence-corrected chi connectivity index (χ3v) is 5.62. The molecule has 0 saturated carbocycles. The lowest BCUT2D eigenvalue weighted by Crippen LogP contribution is -2.53. The molecule has 1 saturated heterocycles. The third kappa shape index (κ3) is 5.29. The Kier molecular flexibility index (Phi) is 9.09. The summed E-state index contributed by atoms with van der Waals surface area (Å²) in [6.07, 6.45) is 4.23. The van der Waals surface area contributed by atoms with E-state index in [-0.39, 0.29) is 25.5 Å². The summed E-state index contributed by atoms with van der Waals surface area (Å²) in [6, 6.07) is 9.73. The van der Waals surface area contributed by atoms with Crippen LogP contribution in [0.15, 0.2) is 43.0 Å². The number of carbonyl (C=O) groups is 3. The number of benzene rings is 1. The lowest BCUT2D eigenvalue weighted by Gasteiger charge is -2.37. The minimum absolute atomic E-state index is 0.0102. The summed E-state index contributed by atoms with van der Waals surface area (Å²) in [5.74, 6) is -2.50. The van der Waals surface area contributed by atoms with Crippen molar-refractivity contribution in [2.24, 2.45) is 11.3 Å². The van der Waals surface area contributed by atoms with Crippen molar-refractivity contribution in [2.75, 3.05) is 26.3 Å². The highest BCUT2D eigenvalue weighted by Gasteiger charge is 2.57. The molecule has 1 amide bonds. The van der Waals surface area contributed by atoms with Gasteiger partial charge < -0.3 is 14.4 Å². The van der Waals surface area contributed by atoms with E-state index < -0.39 is 23.3 Å². The van der Waals surface area contributed by atoms with Crippen molar-refractivity contribution in [3.05, 3.63) is 48.6 Å². The van der Waals surface area contributed by atoms with Gasteiger partial charge in [0.05, 0.1) is 19.1 Å². The van der Waals surface area contributed by atoms with Gasteiger partial charge in [0.2, 0.25) is 5.91 Å². The Morgan fingerprint density at radius 1 is 1.07 bits per heavy atom. The first-order valence-corrected chi connectivity index (χ1v) is 10.8. The van der Waals surface area contributed by atoms with E-state index in [1.54, 1.807) is 18.7 Å². The molecular formula is C24H33NO5. The Hall–Kier alpha value is -2.63. The fourth-order valence-electron chi connectivity index (χ4n) is 4.12. The molecule has 2 rings (SSSR count). The average molecular weight is 416 g/mol. The van der Waals surface area contributed by atoms with Crippen molar-refractivity contribution < 1.29 is 23.9 Å². The van der Waals surface area contributed by atoms with Crippen LogP contribution >= 0.6 is 0 Å². The zero-order valence-electron chi connectivity index (χ0n) is 18.1. The largest absolute Gasteiger partial charge is 0.465 e. The van der Waals surface area contributed by atoms with Gasteiger partial charge >= 0.3 is 11.9 Å². The quantitative estimate of drug-likeness (QED) is 0.314. The van der Waals surface area contributed by atoms with Gasteiger partial charge in [0.15, 0.2) is 5.41 Å². The van der Waals surface area contributed by atoms with Crippen LogP contribution in [0.4, 0.5) is 0 Å². The number of allylic oxidation sites excluding steroid dienone is 1. The molecule has 0 bridgehead atoms. The maximum absolute atomic E-state index is 13.6. The van der Waals surface area contributed by atoms with E-state index in [1.807, 2.05) is 30.3 Å². The number of ether oxygens (including phenoxy) is 2. The van der Waals surface area contributed by atoms with E-state index in [2.05, 4.69) is 6.58 Å². The lowest BCUT2D eigenvalue weighted by atomic mass is 9.69. The van der Waals surface area contributed by atoms with Crippen molar-refractivity contribution in [3.8, 4) is 0 Å². The van der Waals surface area contributed by atoms with Gasteiger partial charge in [-0.15, -0.1) is 6.58 Å². The van der Waals surface area contributed by atoms with E-state index in [4.69, 9.17) is 9.47 Å². The summed E-state index contributed by atoms with van der Waals surface area (Å²) < 4.78 is 10.6. The summed E-state index contributed by atoms with van der Waals surface area (Å²) in [7, 11) is 0. The van der Waals surface area contributed by atoms with Gasteiger partial charge in [-0.1, -0.05) is 36.4 Å². The molecule has 1 unspecified atom stereocenters. The number of amides is 1. The van der Waals surface area contributed by atoms with Crippen molar-refractivity contribution in [1.82, 2.24) is 4.90 Å². The first-order chi connectivity index (χ1) is 14.5. The number of likely N-dealkylation sites (tertiary alicyclic amines) is 1. The van der Waals surface area contributed by atoms with Gasteiger partial charge in [0, 0.05) is 13.1 Å². The van der Waals surface area contributed by atoms with E-state index in [0.717, 1.165) is 18.4 Å². The molecule has 1 aromatic carbocycles. The zero-order valence-corrected chi connectivity index (χ0v) is 18.1. The van der Waals surface area contributed by atoms with E-state index in [1.165, 1.54) is 6.08 Å². The minimum atomic E-state index is -1.73. The van der Waals surface area contributed by atoms with Gasteiger partial charge in [-0.2, -0.15) is 0 Å². The number of nitrogens with zero attached hydrogens (tertiary/aromatic N) is 1. The van der Waals surface area contributed by atoms with Crippen molar-refractivity contribution >= 4 is 17.8 Å². The highest BCUT2D eigenvalue weighted by molar-refractivity contribution is 6.05. The molecule has 6 nitrogen and oxygen atoms in total. The van der Waals surface area contributed by atoms with Crippen LogP contribution in [0.3, 0.4) is 0 Å². The second-order valence-electron chi connectivity index (χ2n) is 7.51. The van der Waals surface area contributed by atoms with Crippen LogP contribution in [0, 0.1) is 11.3 Å². The highest BCUT2D eigenvalue weighted by Crippen LogP contribution is 2.40. The first kappa shape index (κ1) is 23.6. The molecule has 0 aliphatic carbocycles. The molecule has 0 radical (unpaired) electrons. The molecule has 1 aliphatic heterocycles. The fraction of sp³-hybridized carbons (Fsp3) is 0.542. The molecule has 1 atom stereocenters. The standard InChI is InChI=1S/C24H33NO5/c1-4-16-24(22(27)29-5-2,23(28)30-6-3)20(21(26)25-17-10-11-18-25)15-14-19-12-8-7-9-13-19/h4,7-9,12-13,20H,1,5-6,10-11,14-18H2,2-3H3. The zero-order chi connectivity index (χ0) is 22.0. The number of carbonyl (C=O) groups excluding carboxylic acids is 3. The summed E-state index contributed by atoms with van der Waals surface area (Å²) in [6.45, 7) is 8.61. The van der Waals surface area contributed by atoms with Gasteiger partial charge in [-0.05, 0) is 51.5 Å². The van der Waals surface area contributed by atoms with Crippen molar-refractivity contribution in [3.63, 3.8) is 0 Å². The number of hydrogen-bond donors (Lipinski definition) is 0. The van der Waals surface area contributed by atoms with Crippen molar-refractivity contribution in [2.45, 2.75) is 46.0 Å². The monoisotopic (exact) mass is 415 g/mol. The molecule has 1 aromatic rings. The summed E-state index contributed by atoms with van der Waals surface area (Å²) in [4.78, 5) is 41.7. The number of aryl methyl sites for hydroxylation is 1. The fourth-order valence-corrected chi connectivity index (χ4v) is 4.12. The Morgan fingerprint density at radius 2 is 1.63 bits per heavy atom. The number of hydrogen-bond acceptors (Lipinski definition) is 5. The van der Waals surface area contributed by atoms with Crippen LogP contribution in [-0.2, 0) is 30.3 Å². The Bertz CT molecular complexity index is 706. The summed E-state index contributed by atoms with van der Waals surface area (Å²) in [5.41, 5.74) is -0.695. The molecule has 164 valence electrons. The molecule has 30 heavy (non-hydrogen) atoms. The maximum atomic E-state index is 13.6. The van der Waals surface area contributed by atoms with Crippen LogP contribution in [0.5, 0.6) is 0 Å². The third-order valence-electron chi connectivity index (χ3n) is 5.62. The molecule has 1 fully saturated rings. The topological polar surface area (TPSA) is 72.9 Å². The Morgan fingerprint density at radius 3 is 2.13 bits per heavy atom. The van der Waals surface area contributed by atoms with E-state index in [0.29, 0.717) is 25.9 Å². The predicted octanol–water partition coefficient (Wildman–Crippen LogP) is 3.55. The van der Waals surface area contributed by atoms with Gasteiger partial charge in [-0.25, -0.2) is 0 Å². The Balaban J connectivity index is 2.49. The first-order valence-electron chi connectivity index (χ1n) is 10.8. The molecular weight excluding hydrogens is 382 g/mol. The van der Waals surface area contributed by atoms with Gasteiger partial charge in [0.25, 0.3) is 0 Å². The van der Waals surface area contributed by atoms with E-state index in [9.17, 15) is 14.4 Å². The average Bonchev–Trinajstić information content (AvgIpc) is 3.28. The molecule has 0 spiro atoms. The highest BCUT2D eigenvalue weighted by atomic mass is 16.6. The van der Waals surface area contributed by atoms with Crippen LogP contribution in [0.2, 0.25) is 0 Å². The molecule has 1 heterocycles. The minimum Gasteiger partial charge on any atom is -0.465 e. The smallest absolute Gasteiger partial charge is 0.324 e. The normalized spacial score (nSPS) is 14.8. The predicted molar refractivity (Wildman–Crippen MR) is 115 cm³/mol. The second-order valence-corrected chi connectivity index (χ2v) is 7.51. The second kappa shape index (κ2) is 11.5. The van der Waals surface area contributed by atoms with Crippen LogP contribution in [0.25, 0.3) is 0 Å². The summed E-state index contributed by atoms with van der Waals surface area (Å²) >= 11 is 0. The molecule has 0 aromatic heterocycles. The number of esters is 2. The summed E-state index contributed by atoms with van der Waals surface area (Å²) in [5, 5.41) is 0. The van der Waals surface area contributed by atoms with Gasteiger partial charge in [-0.3, -0.25) is 14.4 Å². The van der Waals surface area contributed by atoms with Crippen LogP contribution in [-0.4, -0.2) is 49.0 Å². The van der Waals surface area contributed by atoms with Crippen LogP contribution in [0.1, 0.15) is 45.1 Å². The number of rotatable bonds is 11. The molecule has 6 heteroatoms. The Labute approximate surface area is 179 Å². The van der Waals surface area contributed by atoms with E-state index >= 15 is 0 Å². The van der Waals surface area contributed by atoms with Crippen LogP contribution < -0.4 is 0 Å².